The summed E-state index contributed by atoms with van der Waals surface area (Å²) >= 11 is 7.16. The Morgan fingerprint density at radius 2 is 2.03 bits per heavy atom. The van der Waals surface area contributed by atoms with E-state index in [-0.39, 0.29) is 29.3 Å². The summed E-state index contributed by atoms with van der Waals surface area (Å²) in [6.07, 6.45) is 3.36. The van der Waals surface area contributed by atoms with Crippen LogP contribution in [0.5, 0.6) is 0 Å². The Bertz CT molecular complexity index is 895. The SMILES string of the molecule is C=CCc1cccc(CN(C(=O)OCC)c2nc(SC)nc(Cl)c2[N+](=O)[O-])c1.CC. The van der Waals surface area contributed by atoms with Gasteiger partial charge in [-0.15, -0.1) is 6.58 Å². The zero-order valence-electron chi connectivity index (χ0n) is 17.4. The van der Waals surface area contributed by atoms with E-state index >= 15 is 0 Å². The molecule has 30 heavy (non-hydrogen) atoms. The van der Waals surface area contributed by atoms with E-state index in [2.05, 4.69) is 16.5 Å². The highest BCUT2D eigenvalue weighted by atomic mass is 35.5. The molecule has 0 saturated carbocycles. The second-order valence-corrected chi connectivity index (χ2v) is 6.66. The molecule has 2 aromatic rings. The molecule has 0 aliphatic heterocycles. The number of anilines is 1. The zero-order valence-corrected chi connectivity index (χ0v) is 19.0. The summed E-state index contributed by atoms with van der Waals surface area (Å²) in [7, 11) is 0. The van der Waals surface area contributed by atoms with Crippen LogP contribution in [-0.2, 0) is 17.7 Å². The lowest BCUT2D eigenvalue weighted by Crippen LogP contribution is -2.32. The Hall–Kier alpha value is -2.65. The highest BCUT2D eigenvalue weighted by Crippen LogP contribution is 2.35. The van der Waals surface area contributed by atoms with Gasteiger partial charge in [-0.2, -0.15) is 4.98 Å². The van der Waals surface area contributed by atoms with E-state index < -0.39 is 16.7 Å². The average molecular weight is 453 g/mol. The molecule has 1 amide bonds. The molecule has 0 bridgehead atoms. The average Bonchev–Trinajstić information content (AvgIpc) is 2.73. The van der Waals surface area contributed by atoms with Crippen molar-refractivity contribution in [2.24, 2.45) is 0 Å². The molecule has 0 saturated heterocycles. The van der Waals surface area contributed by atoms with Crippen LogP contribution in [0.2, 0.25) is 5.15 Å². The van der Waals surface area contributed by atoms with Crippen molar-refractivity contribution in [3.63, 3.8) is 0 Å². The molecule has 1 aromatic carbocycles. The Morgan fingerprint density at radius 1 is 1.37 bits per heavy atom. The van der Waals surface area contributed by atoms with Gasteiger partial charge in [-0.05, 0) is 30.7 Å². The van der Waals surface area contributed by atoms with Gasteiger partial charge in [-0.3, -0.25) is 15.0 Å². The van der Waals surface area contributed by atoms with E-state index in [1.165, 1.54) is 0 Å². The van der Waals surface area contributed by atoms with Gasteiger partial charge in [0.15, 0.2) is 5.16 Å². The number of carbonyl (C=O) groups excluding carboxylic acids is 1. The number of halogens is 1. The van der Waals surface area contributed by atoms with Crippen LogP contribution in [0.4, 0.5) is 16.3 Å². The minimum Gasteiger partial charge on any atom is -0.449 e. The van der Waals surface area contributed by atoms with Crippen molar-refractivity contribution in [3.8, 4) is 0 Å². The summed E-state index contributed by atoms with van der Waals surface area (Å²) in [5.74, 6) is -0.207. The molecule has 1 aromatic heterocycles. The molecule has 0 fully saturated rings. The first-order valence-corrected chi connectivity index (χ1v) is 10.9. The second-order valence-electron chi connectivity index (χ2n) is 5.53. The molecular formula is C20H25ClN4O4S. The minimum atomic E-state index is -0.762. The maximum Gasteiger partial charge on any atom is 0.415 e. The summed E-state index contributed by atoms with van der Waals surface area (Å²) in [6.45, 7) is 9.49. The summed E-state index contributed by atoms with van der Waals surface area (Å²) in [5.41, 5.74) is 1.20. The molecule has 0 unspecified atom stereocenters. The van der Waals surface area contributed by atoms with Gasteiger partial charge in [0.1, 0.15) is 0 Å². The van der Waals surface area contributed by atoms with Crippen LogP contribution < -0.4 is 4.90 Å². The van der Waals surface area contributed by atoms with Crippen molar-refractivity contribution < 1.29 is 14.5 Å². The third-order valence-electron chi connectivity index (χ3n) is 3.62. The molecule has 8 nitrogen and oxygen atoms in total. The van der Waals surface area contributed by atoms with Gasteiger partial charge in [0.05, 0.1) is 18.1 Å². The first kappa shape index (κ1) is 25.4. The van der Waals surface area contributed by atoms with Gasteiger partial charge in [0, 0.05) is 0 Å². The van der Waals surface area contributed by atoms with Gasteiger partial charge in [0.25, 0.3) is 0 Å². The van der Waals surface area contributed by atoms with Gasteiger partial charge in [-0.1, -0.05) is 67.6 Å². The van der Waals surface area contributed by atoms with E-state index in [0.717, 1.165) is 27.8 Å². The van der Waals surface area contributed by atoms with Gasteiger partial charge < -0.3 is 4.74 Å². The van der Waals surface area contributed by atoms with Gasteiger partial charge in [0.2, 0.25) is 11.0 Å². The van der Waals surface area contributed by atoms with Crippen LogP contribution in [0.1, 0.15) is 31.9 Å². The Kier molecular flexibility index (Phi) is 10.8. The predicted octanol–water partition coefficient (Wildman–Crippen LogP) is 5.68. The maximum atomic E-state index is 12.6. The fraction of sp³-hybridized carbons (Fsp3) is 0.350. The maximum absolute atomic E-state index is 12.6. The van der Waals surface area contributed by atoms with E-state index in [0.29, 0.717) is 6.42 Å². The smallest absolute Gasteiger partial charge is 0.415 e. The van der Waals surface area contributed by atoms with Crippen molar-refractivity contribution in [1.29, 1.82) is 0 Å². The monoisotopic (exact) mass is 452 g/mol. The molecule has 1 heterocycles. The summed E-state index contributed by atoms with van der Waals surface area (Å²) < 4.78 is 5.09. The summed E-state index contributed by atoms with van der Waals surface area (Å²) in [6, 6.07) is 7.46. The molecule has 0 atom stereocenters. The van der Waals surface area contributed by atoms with E-state index in [1.807, 2.05) is 38.1 Å². The van der Waals surface area contributed by atoms with Crippen LogP contribution in [0.25, 0.3) is 0 Å². The third kappa shape index (κ3) is 6.70. The number of nitro groups is 1. The molecular weight excluding hydrogens is 428 g/mol. The normalized spacial score (nSPS) is 9.90. The third-order valence-corrected chi connectivity index (χ3v) is 4.43. The first-order valence-electron chi connectivity index (χ1n) is 9.30. The lowest BCUT2D eigenvalue weighted by Gasteiger charge is -2.21. The number of hydrogen-bond donors (Lipinski definition) is 0. The number of allylic oxidation sites excluding steroid dienone is 1. The van der Waals surface area contributed by atoms with Crippen molar-refractivity contribution >= 4 is 41.0 Å². The largest absolute Gasteiger partial charge is 0.449 e. The number of thioether (sulfide) groups is 1. The number of nitrogens with zero attached hydrogens (tertiary/aromatic N) is 4. The zero-order chi connectivity index (χ0) is 22.7. The lowest BCUT2D eigenvalue weighted by atomic mass is 10.1. The Morgan fingerprint density at radius 3 is 2.60 bits per heavy atom. The number of carbonyl (C=O) groups is 1. The molecule has 0 spiro atoms. The lowest BCUT2D eigenvalue weighted by molar-refractivity contribution is -0.384. The van der Waals surface area contributed by atoms with E-state index in [1.54, 1.807) is 19.3 Å². The van der Waals surface area contributed by atoms with E-state index in [4.69, 9.17) is 16.3 Å². The van der Waals surface area contributed by atoms with Crippen LogP contribution in [0, 0.1) is 10.1 Å². The Balaban J connectivity index is 0.00000218. The molecule has 162 valence electrons. The highest BCUT2D eigenvalue weighted by molar-refractivity contribution is 7.98. The molecule has 0 N–H and O–H groups in total. The van der Waals surface area contributed by atoms with Crippen molar-refractivity contribution in [1.82, 2.24) is 9.97 Å². The van der Waals surface area contributed by atoms with Crippen molar-refractivity contribution in [3.05, 3.63) is 63.3 Å². The number of aromatic nitrogens is 2. The van der Waals surface area contributed by atoms with Crippen LogP contribution >= 0.6 is 23.4 Å². The molecule has 0 radical (unpaired) electrons. The summed E-state index contributed by atoms with van der Waals surface area (Å²) in [5, 5.41) is 11.4. The molecule has 0 aliphatic rings. The van der Waals surface area contributed by atoms with Crippen LogP contribution in [-0.4, -0.2) is 33.8 Å². The van der Waals surface area contributed by atoms with Crippen LogP contribution in [0.15, 0.2) is 42.1 Å². The van der Waals surface area contributed by atoms with Crippen molar-refractivity contribution in [2.45, 2.75) is 38.9 Å². The predicted molar refractivity (Wildman–Crippen MR) is 120 cm³/mol. The van der Waals surface area contributed by atoms with Gasteiger partial charge in [-0.25, -0.2) is 9.78 Å². The number of ether oxygens (including phenoxy) is 1. The second kappa shape index (κ2) is 12.8. The number of rotatable bonds is 8. The topological polar surface area (TPSA) is 98.5 Å². The van der Waals surface area contributed by atoms with E-state index in [9.17, 15) is 14.9 Å². The van der Waals surface area contributed by atoms with Crippen LogP contribution in [0.3, 0.4) is 0 Å². The highest BCUT2D eigenvalue weighted by Gasteiger charge is 2.32. The first-order chi connectivity index (χ1) is 14.4. The fourth-order valence-corrected chi connectivity index (χ4v) is 3.11. The number of benzene rings is 1. The fourth-order valence-electron chi connectivity index (χ4n) is 2.47. The van der Waals surface area contributed by atoms with Gasteiger partial charge >= 0.3 is 11.8 Å². The molecule has 2 rings (SSSR count). The number of hydrogen-bond acceptors (Lipinski definition) is 7. The van der Waals surface area contributed by atoms with Crippen molar-refractivity contribution in [2.75, 3.05) is 17.8 Å². The quantitative estimate of drug-likeness (QED) is 0.127. The standard InChI is InChI=1S/C18H19ClN4O4S.C2H6/c1-4-7-12-8-6-9-13(10-12)11-22(18(24)27-5-2)16-14(23(25)26)15(19)20-17(21-16)28-3;1-2/h4,6,8-10H,1,5,7,11H2,2-3H3;1-2H3. The number of amides is 1. The minimum absolute atomic E-state index is 0.0197. The summed E-state index contributed by atoms with van der Waals surface area (Å²) in [4.78, 5) is 32.6. The molecule has 0 aliphatic carbocycles. The molecule has 10 heteroatoms. The Labute approximate surface area is 185 Å².